The van der Waals surface area contributed by atoms with Crippen LogP contribution in [0.3, 0.4) is 0 Å². The van der Waals surface area contributed by atoms with Gasteiger partial charge in [0.15, 0.2) is 11.5 Å². The Morgan fingerprint density at radius 3 is 2.69 bits per heavy atom. The second kappa shape index (κ2) is 8.66. The first-order valence-electron chi connectivity index (χ1n) is 9.76. The van der Waals surface area contributed by atoms with Crippen molar-refractivity contribution in [2.24, 2.45) is 0 Å². The van der Waals surface area contributed by atoms with Gasteiger partial charge in [0.1, 0.15) is 12.4 Å². The van der Waals surface area contributed by atoms with Gasteiger partial charge in [0.05, 0.1) is 12.7 Å². The summed E-state index contributed by atoms with van der Waals surface area (Å²) in [5, 5.41) is 10.3. The van der Waals surface area contributed by atoms with Crippen molar-refractivity contribution < 1.29 is 23.0 Å². The van der Waals surface area contributed by atoms with Crippen LogP contribution in [0, 0.1) is 6.92 Å². The van der Waals surface area contributed by atoms with Gasteiger partial charge in [-0.1, -0.05) is 24.3 Å². The molecule has 0 aliphatic carbocycles. The molecule has 1 atom stereocenters. The molecule has 10 heteroatoms. The number of carbonyl (C=O) groups excluding carboxylic acids is 1. The molecule has 0 spiro atoms. The topological polar surface area (TPSA) is 90.3 Å². The number of ether oxygens (including phenoxy) is 2. The van der Waals surface area contributed by atoms with E-state index in [1.807, 2.05) is 31.2 Å². The molecule has 0 saturated heterocycles. The van der Waals surface area contributed by atoms with Crippen LogP contribution < -0.4 is 20.1 Å². The Morgan fingerprint density at radius 2 is 1.97 bits per heavy atom. The Kier molecular flexibility index (Phi) is 5.76. The molecular formula is C22H21F2N5O3. The van der Waals surface area contributed by atoms with E-state index in [-0.39, 0.29) is 17.4 Å². The van der Waals surface area contributed by atoms with Crippen molar-refractivity contribution in [1.29, 1.82) is 0 Å². The van der Waals surface area contributed by atoms with Crippen molar-refractivity contribution in [3.05, 3.63) is 71.2 Å². The van der Waals surface area contributed by atoms with Crippen LogP contribution in [-0.4, -0.2) is 34.4 Å². The zero-order valence-corrected chi connectivity index (χ0v) is 17.6. The van der Waals surface area contributed by atoms with E-state index < -0.39 is 12.7 Å². The van der Waals surface area contributed by atoms with Crippen LogP contribution in [0.5, 0.6) is 11.5 Å². The first-order valence-corrected chi connectivity index (χ1v) is 9.76. The average Bonchev–Trinajstić information content (AvgIpc) is 3.22. The minimum atomic E-state index is -2.99. The number of nitrogens with one attached hydrogen (secondary N) is 2. The smallest absolute Gasteiger partial charge is 0.387 e. The molecule has 0 unspecified atom stereocenters. The minimum absolute atomic E-state index is 0.106. The quantitative estimate of drug-likeness (QED) is 0.598. The molecule has 2 N–H and O–H groups in total. The van der Waals surface area contributed by atoms with E-state index in [1.165, 1.54) is 19.5 Å². The molecule has 0 saturated carbocycles. The van der Waals surface area contributed by atoms with E-state index in [0.29, 0.717) is 28.5 Å². The Balaban J connectivity index is 1.77. The fourth-order valence-corrected chi connectivity index (χ4v) is 3.64. The Hall–Kier alpha value is -3.95. The number of hydrogen-bond acceptors (Lipinski definition) is 6. The predicted molar refractivity (Wildman–Crippen MR) is 114 cm³/mol. The molecule has 4 rings (SSSR count). The third-order valence-electron chi connectivity index (χ3n) is 5.15. The van der Waals surface area contributed by atoms with Crippen molar-refractivity contribution in [1.82, 2.24) is 14.8 Å². The molecule has 1 aromatic heterocycles. The Labute approximate surface area is 182 Å². The van der Waals surface area contributed by atoms with E-state index in [0.717, 1.165) is 5.56 Å². The molecule has 1 amide bonds. The normalized spacial score (nSPS) is 15.2. The zero-order valence-electron chi connectivity index (χ0n) is 17.6. The van der Waals surface area contributed by atoms with Gasteiger partial charge in [0.2, 0.25) is 5.95 Å². The number of benzene rings is 2. The molecule has 0 radical (unpaired) electrons. The highest BCUT2D eigenvalue weighted by Crippen LogP contribution is 2.39. The van der Waals surface area contributed by atoms with Gasteiger partial charge in [-0.2, -0.15) is 18.9 Å². The average molecular weight is 441 g/mol. The van der Waals surface area contributed by atoms with Crippen LogP contribution in [0.2, 0.25) is 0 Å². The number of halogens is 2. The molecular weight excluding hydrogens is 420 g/mol. The summed E-state index contributed by atoms with van der Waals surface area (Å²) in [5.74, 6) is 0.124. The standard InChI is InChI=1S/C22H21F2N5O3/c1-12-6-4-5-7-15(12)28-20(30)18-13(2)27-22-25-11-26-29(22)19(18)14-8-9-16(32-21(23)24)17(10-14)31-3/h4-11,19,21H,1-3H3,(H,28,30)(H,25,26,27)/t19-/m0/s1. The second-order valence-corrected chi connectivity index (χ2v) is 7.15. The van der Waals surface area contributed by atoms with Gasteiger partial charge in [-0.15, -0.1) is 0 Å². The summed E-state index contributed by atoms with van der Waals surface area (Å²) in [6.07, 6.45) is 1.37. The van der Waals surface area contributed by atoms with Crippen molar-refractivity contribution >= 4 is 17.5 Å². The number of anilines is 2. The predicted octanol–water partition coefficient (Wildman–Crippen LogP) is 4.12. The van der Waals surface area contributed by atoms with Crippen LogP contribution in [0.15, 0.2) is 60.1 Å². The number of rotatable bonds is 6. The summed E-state index contributed by atoms with van der Waals surface area (Å²) in [5.41, 5.74) is 3.17. The third kappa shape index (κ3) is 3.98. The van der Waals surface area contributed by atoms with Crippen molar-refractivity contribution in [2.75, 3.05) is 17.7 Å². The molecule has 2 aromatic carbocycles. The van der Waals surface area contributed by atoms with Crippen molar-refractivity contribution in [3.63, 3.8) is 0 Å². The molecule has 0 fully saturated rings. The largest absolute Gasteiger partial charge is 0.493 e. The summed E-state index contributed by atoms with van der Waals surface area (Å²) in [6.45, 7) is 0.673. The number of aryl methyl sites for hydroxylation is 1. The van der Waals surface area contributed by atoms with Gasteiger partial charge in [-0.25, -0.2) is 4.68 Å². The molecule has 32 heavy (non-hydrogen) atoms. The number of allylic oxidation sites excluding steroid dienone is 1. The summed E-state index contributed by atoms with van der Waals surface area (Å²) >= 11 is 0. The fourth-order valence-electron chi connectivity index (χ4n) is 3.64. The maximum Gasteiger partial charge on any atom is 0.387 e. The van der Waals surface area contributed by atoms with Gasteiger partial charge >= 0.3 is 6.61 Å². The van der Waals surface area contributed by atoms with Gasteiger partial charge in [-0.05, 0) is 43.2 Å². The van der Waals surface area contributed by atoms with E-state index in [4.69, 9.17) is 4.74 Å². The summed E-state index contributed by atoms with van der Waals surface area (Å²) in [4.78, 5) is 17.6. The molecule has 1 aliphatic rings. The number of para-hydroxylation sites is 1. The summed E-state index contributed by atoms with van der Waals surface area (Å²) < 4.78 is 36.8. The van der Waals surface area contributed by atoms with E-state index in [2.05, 4.69) is 25.5 Å². The van der Waals surface area contributed by atoms with Crippen LogP contribution >= 0.6 is 0 Å². The number of amides is 1. The lowest BCUT2D eigenvalue weighted by Crippen LogP contribution is -2.31. The Morgan fingerprint density at radius 1 is 1.19 bits per heavy atom. The van der Waals surface area contributed by atoms with Crippen LogP contribution in [-0.2, 0) is 4.79 Å². The molecule has 8 nitrogen and oxygen atoms in total. The van der Waals surface area contributed by atoms with Gasteiger partial charge in [-0.3, -0.25) is 4.79 Å². The number of aromatic nitrogens is 3. The number of nitrogens with zero attached hydrogens (tertiary/aromatic N) is 3. The highest BCUT2D eigenvalue weighted by atomic mass is 19.3. The maximum absolute atomic E-state index is 13.4. The monoisotopic (exact) mass is 441 g/mol. The first kappa shape index (κ1) is 21.3. The lowest BCUT2D eigenvalue weighted by Gasteiger charge is -2.29. The Bertz CT molecular complexity index is 1190. The molecule has 0 bridgehead atoms. The van der Waals surface area contributed by atoms with E-state index >= 15 is 0 Å². The fraction of sp³-hybridized carbons (Fsp3) is 0.227. The van der Waals surface area contributed by atoms with E-state index in [9.17, 15) is 13.6 Å². The summed E-state index contributed by atoms with van der Waals surface area (Å²) in [7, 11) is 1.35. The number of alkyl halides is 2. The SMILES string of the molecule is COc1cc([C@H]2C(C(=O)Nc3ccccc3C)=C(C)Nc3ncnn32)ccc1OC(F)F. The number of carbonyl (C=O) groups is 1. The van der Waals surface area contributed by atoms with Gasteiger partial charge in [0.25, 0.3) is 5.91 Å². The van der Waals surface area contributed by atoms with E-state index in [1.54, 1.807) is 23.7 Å². The number of fused-ring (bicyclic) bond motifs is 1. The lowest BCUT2D eigenvalue weighted by molar-refractivity contribution is -0.113. The number of hydrogen-bond donors (Lipinski definition) is 2. The maximum atomic E-state index is 13.4. The zero-order chi connectivity index (χ0) is 22.8. The molecule has 2 heterocycles. The highest BCUT2D eigenvalue weighted by Gasteiger charge is 2.34. The van der Waals surface area contributed by atoms with Gasteiger partial charge < -0.3 is 20.1 Å². The van der Waals surface area contributed by atoms with Crippen LogP contribution in [0.25, 0.3) is 0 Å². The van der Waals surface area contributed by atoms with Gasteiger partial charge in [0, 0.05) is 11.4 Å². The minimum Gasteiger partial charge on any atom is -0.493 e. The molecule has 3 aromatic rings. The van der Waals surface area contributed by atoms with Crippen LogP contribution in [0.4, 0.5) is 20.4 Å². The third-order valence-corrected chi connectivity index (χ3v) is 5.15. The summed E-state index contributed by atoms with van der Waals surface area (Å²) in [6, 6.07) is 11.3. The molecule has 166 valence electrons. The number of methoxy groups -OCH3 is 1. The van der Waals surface area contributed by atoms with Crippen molar-refractivity contribution in [3.8, 4) is 11.5 Å². The van der Waals surface area contributed by atoms with Crippen LogP contribution in [0.1, 0.15) is 24.1 Å². The molecule has 1 aliphatic heterocycles. The lowest BCUT2D eigenvalue weighted by atomic mass is 9.94. The highest BCUT2D eigenvalue weighted by molar-refractivity contribution is 6.06. The van der Waals surface area contributed by atoms with Crippen molar-refractivity contribution in [2.45, 2.75) is 26.5 Å². The first-order chi connectivity index (χ1) is 15.4. The second-order valence-electron chi connectivity index (χ2n) is 7.15.